The Balaban J connectivity index is 2.54. The molecule has 0 fully saturated rings. The van der Waals surface area contributed by atoms with Gasteiger partial charge in [0.15, 0.2) is 0 Å². The largest absolute Gasteiger partial charge is 0.316 e. The third-order valence-corrected chi connectivity index (χ3v) is 3.92. The summed E-state index contributed by atoms with van der Waals surface area (Å²) in [5.74, 6) is 0.693. The number of nitrogens with one attached hydrogen (secondary N) is 1. The van der Waals surface area contributed by atoms with Crippen molar-refractivity contribution < 1.29 is 0 Å². The number of aryl methyl sites for hydroxylation is 2. The minimum Gasteiger partial charge on any atom is -0.316 e. The molecular formula is C14H27N3. The van der Waals surface area contributed by atoms with Gasteiger partial charge in [-0.2, -0.15) is 5.10 Å². The van der Waals surface area contributed by atoms with Gasteiger partial charge in [0.05, 0.1) is 6.20 Å². The summed E-state index contributed by atoms with van der Waals surface area (Å²) >= 11 is 0. The van der Waals surface area contributed by atoms with Gasteiger partial charge in [-0.3, -0.25) is 4.68 Å². The van der Waals surface area contributed by atoms with Crippen LogP contribution in [0.1, 0.15) is 39.7 Å². The lowest BCUT2D eigenvalue weighted by Gasteiger charge is -2.34. The molecule has 0 radical (unpaired) electrons. The van der Waals surface area contributed by atoms with Crippen molar-refractivity contribution in [3.05, 3.63) is 18.0 Å². The summed E-state index contributed by atoms with van der Waals surface area (Å²) in [6, 6.07) is 0. The average Bonchev–Trinajstić information content (AvgIpc) is 2.69. The number of rotatable bonds is 7. The topological polar surface area (TPSA) is 29.9 Å². The Labute approximate surface area is 106 Å². The molecule has 3 heteroatoms. The van der Waals surface area contributed by atoms with Crippen molar-refractivity contribution in [3.8, 4) is 0 Å². The van der Waals surface area contributed by atoms with Crippen LogP contribution in [-0.2, 0) is 13.5 Å². The van der Waals surface area contributed by atoms with E-state index in [4.69, 9.17) is 0 Å². The Morgan fingerprint density at radius 3 is 2.65 bits per heavy atom. The van der Waals surface area contributed by atoms with Crippen LogP contribution in [0.15, 0.2) is 12.4 Å². The quantitative estimate of drug-likeness (QED) is 0.790. The Kier molecular flexibility index (Phi) is 5.19. The van der Waals surface area contributed by atoms with Crippen molar-refractivity contribution in [3.63, 3.8) is 0 Å². The van der Waals surface area contributed by atoms with Gasteiger partial charge in [0.25, 0.3) is 0 Å². The Morgan fingerprint density at radius 1 is 1.47 bits per heavy atom. The standard InChI is InChI=1S/C14H27N3/c1-6-15-11-14(4,12(2)3)8-7-13-9-16-17(5)10-13/h9-10,12,15H,6-8,11H2,1-5H3. The fourth-order valence-electron chi connectivity index (χ4n) is 2.02. The molecule has 3 nitrogen and oxygen atoms in total. The third-order valence-electron chi connectivity index (χ3n) is 3.92. The first-order valence-electron chi connectivity index (χ1n) is 6.66. The van der Waals surface area contributed by atoms with Gasteiger partial charge in [0.1, 0.15) is 0 Å². The maximum Gasteiger partial charge on any atom is 0.0521 e. The van der Waals surface area contributed by atoms with Crippen molar-refractivity contribution in [1.82, 2.24) is 15.1 Å². The molecule has 1 atom stereocenters. The molecule has 0 saturated heterocycles. The zero-order valence-corrected chi connectivity index (χ0v) is 12.0. The first-order chi connectivity index (χ1) is 7.98. The van der Waals surface area contributed by atoms with Gasteiger partial charge < -0.3 is 5.32 Å². The summed E-state index contributed by atoms with van der Waals surface area (Å²) < 4.78 is 1.88. The SMILES string of the molecule is CCNCC(C)(CCc1cnn(C)c1)C(C)C. The lowest BCUT2D eigenvalue weighted by Crippen LogP contribution is -2.36. The van der Waals surface area contributed by atoms with Crippen LogP contribution in [-0.4, -0.2) is 22.9 Å². The van der Waals surface area contributed by atoms with E-state index in [0.717, 1.165) is 19.5 Å². The number of hydrogen-bond donors (Lipinski definition) is 1. The van der Waals surface area contributed by atoms with Crippen LogP contribution in [0.5, 0.6) is 0 Å². The molecule has 0 aromatic carbocycles. The Morgan fingerprint density at radius 2 is 2.18 bits per heavy atom. The van der Waals surface area contributed by atoms with Gasteiger partial charge >= 0.3 is 0 Å². The van der Waals surface area contributed by atoms with Crippen LogP contribution in [0.2, 0.25) is 0 Å². The van der Waals surface area contributed by atoms with Crippen molar-refractivity contribution in [2.45, 2.75) is 40.5 Å². The van der Waals surface area contributed by atoms with E-state index in [1.165, 1.54) is 12.0 Å². The highest BCUT2D eigenvalue weighted by molar-refractivity contribution is 5.04. The third kappa shape index (κ3) is 4.15. The van der Waals surface area contributed by atoms with E-state index >= 15 is 0 Å². The highest BCUT2D eigenvalue weighted by Gasteiger charge is 2.27. The van der Waals surface area contributed by atoms with Gasteiger partial charge in [0, 0.05) is 19.8 Å². The van der Waals surface area contributed by atoms with Gasteiger partial charge in [-0.05, 0) is 36.3 Å². The van der Waals surface area contributed by atoms with Gasteiger partial charge in [-0.1, -0.05) is 27.7 Å². The number of nitrogens with zero attached hydrogens (tertiary/aromatic N) is 2. The van der Waals surface area contributed by atoms with Crippen molar-refractivity contribution in [2.75, 3.05) is 13.1 Å². The van der Waals surface area contributed by atoms with E-state index in [9.17, 15) is 0 Å². The molecule has 0 aliphatic carbocycles. The fraction of sp³-hybridized carbons (Fsp3) is 0.786. The molecule has 1 unspecified atom stereocenters. The number of aromatic nitrogens is 2. The zero-order valence-electron chi connectivity index (χ0n) is 12.0. The molecule has 0 aliphatic rings. The molecule has 0 spiro atoms. The summed E-state index contributed by atoms with van der Waals surface area (Å²) in [6.07, 6.45) is 6.43. The molecule has 0 aliphatic heterocycles. The van der Waals surface area contributed by atoms with Crippen LogP contribution in [0.4, 0.5) is 0 Å². The minimum atomic E-state index is 0.367. The van der Waals surface area contributed by atoms with E-state index in [2.05, 4.69) is 44.3 Å². The summed E-state index contributed by atoms with van der Waals surface area (Å²) in [6.45, 7) is 11.3. The minimum absolute atomic E-state index is 0.367. The van der Waals surface area contributed by atoms with E-state index in [0.29, 0.717) is 11.3 Å². The number of hydrogen-bond acceptors (Lipinski definition) is 2. The lowest BCUT2D eigenvalue weighted by molar-refractivity contribution is 0.193. The molecular weight excluding hydrogens is 210 g/mol. The van der Waals surface area contributed by atoms with Gasteiger partial charge in [0.2, 0.25) is 0 Å². The molecule has 0 amide bonds. The second kappa shape index (κ2) is 6.20. The zero-order chi connectivity index (χ0) is 12.9. The van der Waals surface area contributed by atoms with Gasteiger partial charge in [-0.15, -0.1) is 0 Å². The van der Waals surface area contributed by atoms with E-state index < -0.39 is 0 Å². The smallest absolute Gasteiger partial charge is 0.0521 e. The Hall–Kier alpha value is -0.830. The first kappa shape index (κ1) is 14.2. The average molecular weight is 237 g/mol. The second-order valence-corrected chi connectivity index (χ2v) is 5.61. The second-order valence-electron chi connectivity index (χ2n) is 5.61. The summed E-state index contributed by atoms with van der Waals surface area (Å²) in [4.78, 5) is 0. The molecule has 1 N–H and O–H groups in total. The molecule has 0 saturated carbocycles. The summed E-state index contributed by atoms with van der Waals surface area (Å²) in [5, 5.41) is 7.72. The Bertz CT molecular complexity index is 330. The predicted octanol–water partition coefficient (Wildman–Crippen LogP) is 2.62. The maximum absolute atomic E-state index is 4.23. The van der Waals surface area contributed by atoms with Crippen LogP contribution < -0.4 is 5.32 Å². The molecule has 17 heavy (non-hydrogen) atoms. The van der Waals surface area contributed by atoms with E-state index in [1.54, 1.807) is 0 Å². The van der Waals surface area contributed by atoms with Crippen molar-refractivity contribution >= 4 is 0 Å². The van der Waals surface area contributed by atoms with E-state index in [1.807, 2.05) is 17.9 Å². The molecule has 1 aromatic rings. The fourth-order valence-corrected chi connectivity index (χ4v) is 2.02. The lowest BCUT2D eigenvalue weighted by atomic mass is 9.75. The van der Waals surface area contributed by atoms with Crippen LogP contribution in [0.3, 0.4) is 0 Å². The molecule has 1 heterocycles. The summed E-state index contributed by atoms with van der Waals surface area (Å²) in [5.41, 5.74) is 1.71. The molecule has 1 aromatic heterocycles. The van der Waals surface area contributed by atoms with Crippen LogP contribution in [0, 0.1) is 11.3 Å². The van der Waals surface area contributed by atoms with Crippen LogP contribution >= 0.6 is 0 Å². The summed E-state index contributed by atoms with van der Waals surface area (Å²) in [7, 11) is 1.98. The normalized spacial score (nSPS) is 15.2. The molecule has 98 valence electrons. The van der Waals surface area contributed by atoms with Crippen molar-refractivity contribution in [2.24, 2.45) is 18.4 Å². The van der Waals surface area contributed by atoms with Gasteiger partial charge in [-0.25, -0.2) is 0 Å². The first-order valence-corrected chi connectivity index (χ1v) is 6.66. The molecule has 0 bridgehead atoms. The molecule has 1 rings (SSSR count). The highest BCUT2D eigenvalue weighted by Crippen LogP contribution is 2.31. The van der Waals surface area contributed by atoms with E-state index in [-0.39, 0.29) is 0 Å². The van der Waals surface area contributed by atoms with Crippen molar-refractivity contribution in [1.29, 1.82) is 0 Å². The maximum atomic E-state index is 4.23. The highest BCUT2D eigenvalue weighted by atomic mass is 15.2. The predicted molar refractivity (Wildman–Crippen MR) is 73.0 cm³/mol. The monoisotopic (exact) mass is 237 g/mol. The van der Waals surface area contributed by atoms with Crippen LogP contribution in [0.25, 0.3) is 0 Å².